The minimum absolute atomic E-state index is 0.0112. The molecule has 0 spiro atoms. The van der Waals surface area contributed by atoms with E-state index in [1.807, 2.05) is 30.5 Å². The zero-order valence-corrected chi connectivity index (χ0v) is 19.8. The number of fused-ring (bicyclic) bond motifs is 1. The minimum atomic E-state index is -0.949. The molecule has 174 valence electrons. The molecule has 0 saturated heterocycles. The van der Waals surface area contributed by atoms with E-state index in [4.69, 9.17) is 16.3 Å². The molecular formula is C26H24ClN3O4. The number of halogens is 1. The molecule has 0 aliphatic heterocycles. The number of Topliss-reactive ketones (excluding diaryl/α,β-unsaturated/α-hetero) is 1. The summed E-state index contributed by atoms with van der Waals surface area (Å²) in [5.74, 6) is -0.423. The molecule has 0 bridgehead atoms. The van der Waals surface area contributed by atoms with Gasteiger partial charge >= 0.3 is 5.97 Å². The zero-order valence-electron chi connectivity index (χ0n) is 19.1. The van der Waals surface area contributed by atoms with Gasteiger partial charge in [-0.1, -0.05) is 23.7 Å². The van der Waals surface area contributed by atoms with Gasteiger partial charge in [0.2, 0.25) is 5.78 Å². The number of hydrogen-bond acceptors (Lipinski definition) is 5. The van der Waals surface area contributed by atoms with E-state index in [-0.39, 0.29) is 24.2 Å². The Morgan fingerprint density at radius 3 is 2.56 bits per heavy atom. The second-order valence-corrected chi connectivity index (χ2v) is 8.56. The third-order valence-corrected chi connectivity index (χ3v) is 5.94. The highest BCUT2D eigenvalue weighted by Gasteiger charge is 2.24. The number of benzene rings is 2. The molecule has 0 saturated carbocycles. The standard InChI is InChI=1S/C26H24ClN3O4/c1-15-14-21(16(2)30(15)19-10-8-18(27)9-11-19)25(32)17(3)34-24(31)13-12-23-28-22-7-5-4-6-20(22)26(33)29-23/h4-11,14,17H,12-13H2,1-3H3,(H,28,29,33)/t17-/m0/s1. The van der Waals surface area contributed by atoms with Crippen LogP contribution in [0.3, 0.4) is 0 Å². The molecule has 0 fully saturated rings. The van der Waals surface area contributed by atoms with Gasteiger partial charge in [-0.15, -0.1) is 0 Å². The third kappa shape index (κ3) is 4.79. The summed E-state index contributed by atoms with van der Waals surface area (Å²) in [6, 6.07) is 16.1. The number of rotatable bonds is 7. The topological polar surface area (TPSA) is 94.1 Å². The number of ether oxygens (including phenoxy) is 1. The van der Waals surface area contributed by atoms with Crippen molar-refractivity contribution in [1.29, 1.82) is 0 Å². The lowest BCUT2D eigenvalue weighted by Gasteiger charge is -2.13. The fourth-order valence-electron chi connectivity index (χ4n) is 4.00. The van der Waals surface area contributed by atoms with Gasteiger partial charge in [0, 0.05) is 34.1 Å². The average molecular weight is 478 g/mol. The number of para-hydroxylation sites is 1. The summed E-state index contributed by atoms with van der Waals surface area (Å²) in [7, 11) is 0. The first-order valence-corrected chi connectivity index (χ1v) is 11.3. The number of H-pyrrole nitrogens is 1. The Morgan fingerprint density at radius 1 is 1.12 bits per heavy atom. The zero-order chi connectivity index (χ0) is 24.4. The number of aryl methyl sites for hydroxylation is 2. The fraction of sp³-hybridized carbons (Fsp3) is 0.231. The molecule has 4 aromatic rings. The summed E-state index contributed by atoms with van der Waals surface area (Å²) >= 11 is 5.99. The molecule has 8 heteroatoms. The number of carbonyl (C=O) groups excluding carboxylic acids is 2. The van der Waals surface area contributed by atoms with Crippen LogP contribution in [0.15, 0.2) is 59.4 Å². The van der Waals surface area contributed by atoms with Gasteiger partial charge in [0.05, 0.1) is 17.3 Å². The van der Waals surface area contributed by atoms with Gasteiger partial charge in [0.1, 0.15) is 5.82 Å². The number of aromatic nitrogens is 3. The van der Waals surface area contributed by atoms with Crippen molar-refractivity contribution in [2.75, 3.05) is 0 Å². The molecule has 1 N–H and O–H groups in total. The predicted octanol–water partition coefficient (Wildman–Crippen LogP) is 4.73. The number of nitrogens with one attached hydrogen (secondary N) is 1. The van der Waals surface area contributed by atoms with E-state index in [1.54, 1.807) is 49.4 Å². The fourth-order valence-corrected chi connectivity index (χ4v) is 4.13. The molecular weight excluding hydrogens is 454 g/mol. The van der Waals surface area contributed by atoms with Crippen LogP contribution in [-0.4, -0.2) is 32.4 Å². The summed E-state index contributed by atoms with van der Waals surface area (Å²) in [5, 5.41) is 1.12. The highest BCUT2D eigenvalue weighted by atomic mass is 35.5. The van der Waals surface area contributed by atoms with Crippen LogP contribution in [0.25, 0.3) is 16.6 Å². The van der Waals surface area contributed by atoms with Crippen LogP contribution in [0, 0.1) is 13.8 Å². The lowest BCUT2D eigenvalue weighted by Crippen LogP contribution is -2.25. The van der Waals surface area contributed by atoms with Crippen LogP contribution in [0.1, 0.15) is 40.9 Å². The Kier molecular flexibility index (Phi) is 6.65. The smallest absolute Gasteiger partial charge is 0.306 e. The van der Waals surface area contributed by atoms with Crippen LogP contribution in [0.2, 0.25) is 5.02 Å². The SMILES string of the molecule is Cc1cc(C(=O)[C@H](C)OC(=O)CCc2nc3ccccc3c(=O)[nH]2)c(C)n1-c1ccc(Cl)cc1. The maximum Gasteiger partial charge on any atom is 0.306 e. The Balaban J connectivity index is 1.43. The van der Waals surface area contributed by atoms with Crippen molar-refractivity contribution in [3.63, 3.8) is 0 Å². The first-order chi connectivity index (χ1) is 16.2. The molecule has 2 aromatic heterocycles. The number of nitrogens with zero attached hydrogens (tertiary/aromatic N) is 2. The molecule has 0 radical (unpaired) electrons. The molecule has 7 nitrogen and oxygen atoms in total. The lowest BCUT2D eigenvalue weighted by atomic mass is 10.1. The molecule has 2 heterocycles. The van der Waals surface area contributed by atoms with Gasteiger partial charge in [0.25, 0.3) is 5.56 Å². The van der Waals surface area contributed by atoms with Crippen molar-refractivity contribution in [1.82, 2.24) is 14.5 Å². The highest BCUT2D eigenvalue weighted by Crippen LogP contribution is 2.24. The van der Waals surface area contributed by atoms with Crippen LogP contribution >= 0.6 is 11.6 Å². The van der Waals surface area contributed by atoms with Crippen LogP contribution in [0.4, 0.5) is 0 Å². The maximum atomic E-state index is 13.0. The van der Waals surface area contributed by atoms with E-state index in [0.29, 0.717) is 27.3 Å². The van der Waals surface area contributed by atoms with Crippen LogP contribution in [0.5, 0.6) is 0 Å². The normalized spacial score (nSPS) is 12.0. The maximum absolute atomic E-state index is 13.0. The second-order valence-electron chi connectivity index (χ2n) is 8.12. The Bertz CT molecular complexity index is 1440. The van der Waals surface area contributed by atoms with Crippen molar-refractivity contribution in [3.05, 3.63) is 92.7 Å². The van der Waals surface area contributed by atoms with Gasteiger partial charge in [-0.25, -0.2) is 4.98 Å². The van der Waals surface area contributed by atoms with E-state index in [1.165, 1.54) is 0 Å². The van der Waals surface area contributed by atoms with Crippen LogP contribution in [-0.2, 0) is 16.0 Å². The number of carbonyl (C=O) groups is 2. The molecule has 2 aromatic carbocycles. The molecule has 1 atom stereocenters. The lowest BCUT2D eigenvalue weighted by molar-refractivity contribution is -0.146. The molecule has 0 aliphatic carbocycles. The first kappa shape index (κ1) is 23.4. The van der Waals surface area contributed by atoms with Gasteiger partial charge in [-0.05, 0) is 63.2 Å². The van der Waals surface area contributed by atoms with Gasteiger partial charge in [-0.3, -0.25) is 14.4 Å². The summed E-state index contributed by atoms with van der Waals surface area (Å²) < 4.78 is 7.35. The van der Waals surface area contributed by atoms with Gasteiger partial charge in [-0.2, -0.15) is 0 Å². The first-order valence-electron chi connectivity index (χ1n) is 10.9. The number of esters is 1. The Morgan fingerprint density at radius 2 is 1.82 bits per heavy atom. The minimum Gasteiger partial charge on any atom is -0.454 e. The number of hydrogen-bond donors (Lipinski definition) is 1. The summed E-state index contributed by atoms with van der Waals surface area (Å²) in [6.07, 6.45) is -0.761. The van der Waals surface area contributed by atoms with Crippen molar-refractivity contribution in [3.8, 4) is 5.69 Å². The Hall–Kier alpha value is -3.71. The molecule has 0 aliphatic rings. The van der Waals surface area contributed by atoms with Crippen molar-refractivity contribution < 1.29 is 14.3 Å². The summed E-state index contributed by atoms with van der Waals surface area (Å²) in [5.41, 5.74) is 3.33. The highest BCUT2D eigenvalue weighted by molar-refractivity contribution is 6.30. The molecule has 34 heavy (non-hydrogen) atoms. The largest absolute Gasteiger partial charge is 0.454 e. The quantitative estimate of drug-likeness (QED) is 0.306. The number of ketones is 1. The van der Waals surface area contributed by atoms with Crippen molar-refractivity contribution in [2.24, 2.45) is 0 Å². The van der Waals surface area contributed by atoms with E-state index < -0.39 is 12.1 Å². The molecule has 0 unspecified atom stereocenters. The predicted molar refractivity (Wildman–Crippen MR) is 131 cm³/mol. The van der Waals surface area contributed by atoms with E-state index in [9.17, 15) is 14.4 Å². The Labute approximate surface area is 201 Å². The number of aromatic amines is 1. The van der Waals surface area contributed by atoms with Gasteiger partial charge in [0.15, 0.2) is 6.10 Å². The summed E-state index contributed by atoms with van der Waals surface area (Å²) in [4.78, 5) is 44.7. The summed E-state index contributed by atoms with van der Waals surface area (Å²) in [6.45, 7) is 5.32. The van der Waals surface area contributed by atoms with E-state index in [0.717, 1.165) is 17.1 Å². The average Bonchev–Trinajstić information content (AvgIpc) is 3.11. The monoisotopic (exact) mass is 477 g/mol. The van der Waals surface area contributed by atoms with Crippen molar-refractivity contribution >= 4 is 34.3 Å². The second kappa shape index (κ2) is 9.65. The van der Waals surface area contributed by atoms with E-state index in [2.05, 4.69) is 9.97 Å². The molecule has 4 rings (SSSR count). The van der Waals surface area contributed by atoms with E-state index >= 15 is 0 Å². The van der Waals surface area contributed by atoms with Gasteiger partial charge < -0.3 is 14.3 Å². The van der Waals surface area contributed by atoms with Crippen molar-refractivity contribution in [2.45, 2.75) is 39.7 Å². The molecule has 0 amide bonds. The third-order valence-electron chi connectivity index (χ3n) is 5.69. The van der Waals surface area contributed by atoms with Crippen LogP contribution < -0.4 is 5.56 Å².